The Morgan fingerprint density at radius 3 is 3.03 bits per heavy atom. The topological polar surface area (TPSA) is 118 Å². The maximum absolute atomic E-state index is 12.9. The lowest BCUT2D eigenvalue weighted by Crippen LogP contribution is -2.42. The quantitative estimate of drug-likeness (QED) is 0.605. The minimum Gasteiger partial charge on any atom is -0.471 e. The Morgan fingerprint density at radius 2 is 2.27 bits per heavy atom. The predicted octanol–water partition coefficient (Wildman–Crippen LogP) is 1.43. The second-order valence-electron chi connectivity index (χ2n) is 7.03. The molecule has 1 saturated heterocycles. The van der Waals surface area contributed by atoms with E-state index in [2.05, 4.69) is 15.3 Å². The minimum atomic E-state index is -0.616. The van der Waals surface area contributed by atoms with Crippen molar-refractivity contribution >= 4 is 22.8 Å². The lowest BCUT2D eigenvalue weighted by Gasteiger charge is -2.15. The Hall–Kier alpha value is -3.46. The third-order valence-corrected chi connectivity index (χ3v) is 5.02. The van der Waals surface area contributed by atoms with Gasteiger partial charge in [-0.15, -0.1) is 0 Å². The highest BCUT2D eigenvalue weighted by atomic mass is 16.5. The molecule has 2 N–H and O–H groups in total. The standard InChI is InChI=1S/C21H22N4O5/c1-13-19(20(27)24-16-5-7-25(8-9-26)21(16)28)15-10-18(23-11-17(15)30-13)29-12-14-4-2-3-6-22-14/h2-4,6,10-11,16,26H,5,7-9,12H2,1H3,(H,24,27). The second-order valence-corrected chi connectivity index (χ2v) is 7.03. The van der Waals surface area contributed by atoms with Gasteiger partial charge in [0, 0.05) is 30.7 Å². The summed E-state index contributed by atoms with van der Waals surface area (Å²) < 4.78 is 11.4. The lowest BCUT2D eigenvalue weighted by atomic mass is 10.1. The Bertz CT molecular complexity index is 1070. The van der Waals surface area contributed by atoms with Crippen molar-refractivity contribution in [1.82, 2.24) is 20.2 Å². The minimum absolute atomic E-state index is 0.105. The van der Waals surface area contributed by atoms with Gasteiger partial charge in [-0.25, -0.2) is 4.98 Å². The number of likely N-dealkylation sites (tertiary alicyclic amines) is 1. The Morgan fingerprint density at radius 1 is 1.40 bits per heavy atom. The van der Waals surface area contributed by atoms with Crippen LogP contribution in [0.4, 0.5) is 0 Å². The van der Waals surface area contributed by atoms with Crippen molar-refractivity contribution in [2.75, 3.05) is 19.7 Å². The zero-order valence-electron chi connectivity index (χ0n) is 16.5. The van der Waals surface area contributed by atoms with E-state index in [1.54, 1.807) is 24.1 Å². The summed E-state index contributed by atoms with van der Waals surface area (Å²) in [4.78, 5) is 35.3. The summed E-state index contributed by atoms with van der Waals surface area (Å²) in [5, 5.41) is 12.4. The van der Waals surface area contributed by atoms with Gasteiger partial charge in [0.25, 0.3) is 5.91 Å². The fourth-order valence-corrected chi connectivity index (χ4v) is 3.54. The SMILES string of the molecule is Cc1oc2cnc(OCc3ccccn3)cc2c1C(=O)NC1CCN(CCO)C1=O. The molecule has 0 aromatic carbocycles. The average Bonchev–Trinajstić information content (AvgIpc) is 3.26. The van der Waals surface area contributed by atoms with Gasteiger partial charge in [-0.2, -0.15) is 0 Å². The Kier molecular flexibility index (Phi) is 5.62. The van der Waals surface area contributed by atoms with E-state index in [9.17, 15) is 9.59 Å². The van der Waals surface area contributed by atoms with Crippen molar-refractivity contribution in [2.24, 2.45) is 0 Å². The summed E-state index contributed by atoms with van der Waals surface area (Å²) in [6, 6.07) is 6.58. The molecule has 4 rings (SSSR count). The molecule has 1 fully saturated rings. The number of ether oxygens (including phenoxy) is 1. The number of hydrogen-bond acceptors (Lipinski definition) is 7. The number of carbonyl (C=O) groups is 2. The number of fused-ring (bicyclic) bond motifs is 1. The van der Waals surface area contributed by atoms with Gasteiger partial charge in [0.1, 0.15) is 18.4 Å². The number of aliphatic hydroxyl groups excluding tert-OH is 1. The molecule has 9 heteroatoms. The van der Waals surface area contributed by atoms with Crippen LogP contribution < -0.4 is 10.1 Å². The lowest BCUT2D eigenvalue weighted by molar-refractivity contribution is -0.129. The van der Waals surface area contributed by atoms with E-state index in [1.807, 2.05) is 18.2 Å². The molecule has 0 spiro atoms. The largest absolute Gasteiger partial charge is 0.471 e. The highest BCUT2D eigenvalue weighted by Crippen LogP contribution is 2.28. The number of pyridine rings is 2. The van der Waals surface area contributed by atoms with Gasteiger partial charge in [-0.1, -0.05) is 6.07 Å². The Labute approximate surface area is 172 Å². The van der Waals surface area contributed by atoms with Crippen molar-refractivity contribution in [3.8, 4) is 5.88 Å². The number of aryl methyl sites for hydroxylation is 1. The third kappa shape index (κ3) is 3.97. The second kappa shape index (κ2) is 8.50. The normalized spacial score (nSPS) is 16.3. The summed E-state index contributed by atoms with van der Waals surface area (Å²) >= 11 is 0. The number of furan rings is 1. The first-order valence-electron chi connectivity index (χ1n) is 9.69. The number of aromatic nitrogens is 2. The van der Waals surface area contributed by atoms with Gasteiger partial charge in [-0.3, -0.25) is 14.6 Å². The average molecular weight is 410 g/mol. The Balaban J connectivity index is 1.52. The van der Waals surface area contributed by atoms with Gasteiger partial charge >= 0.3 is 0 Å². The van der Waals surface area contributed by atoms with Crippen LogP contribution in [0, 0.1) is 6.92 Å². The first-order chi connectivity index (χ1) is 14.6. The van der Waals surface area contributed by atoms with Crippen molar-refractivity contribution in [3.05, 3.63) is 53.7 Å². The molecular formula is C21H22N4O5. The number of β-amino-alcohol motifs (C(OH)–C–C–N with tert-alkyl or cyclic N) is 1. The van der Waals surface area contributed by atoms with E-state index >= 15 is 0 Å². The molecule has 0 bridgehead atoms. The first-order valence-corrected chi connectivity index (χ1v) is 9.69. The number of hydrogen-bond donors (Lipinski definition) is 2. The number of carbonyl (C=O) groups excluding carboxylic acids is 2. The van der Waals surface area contributed by atoms with Gasteiger partial charge in [0.2, 0.25) is 11.8 Å². The zero-order chi connectivity index (χ0) is 21.1. The van der Waals surface area contributed by atoms with E-state index in [0.29, 0.717) is 41.1 Å². The summed E-state index contributed by atoms with van der Waals surface area (Å²) in [5.41, 5.74) is 1.57. The molecule has 30 heavy (non-hydrogen) atoms. The van der Waals surface area contributed by atoms with Crippen LogP contribution in [0.1, 0.15) is 28.2 Å². The smallest absolute Gasteiger partial charge is 0.256 e. The molecule has 1 aliphatic rings. The number of rotatable bonds is 7. The molecular weight excluding hydrogens is 388 g/mol. The number of aliphatic hydroxyl groups is 1. The molecule has 4 heterocycles. The molecule has 1 aliphatic heterocycles. The summed E-state index contributed by atoms with van der Waals surface area (Å²) in [7, 11) is 0. The number of amides is 2. The van der Waals surface area contributed by atoms with Crippen LogP contribution in [0.2, 0.25) is 0 Å². The van der Waals surface area contributed by atoms with Crippen LogP contribution in [0.5, 0.6) is 5.88 Å². The van der Waals surface area contributed by atoms with Crippen LogP contribution in [0.25, 0.3) is 11.0 Å². The molecule has 0 saturated carbocycles. The summed E-state index contributed by atoms with van der Waals surface area (Å²) in [5.74, 6) is 0.194. The molecule has 0 aliphatic carbocycles. The van der Waals surface area contributed by atoms with Crippen LogP contribution >= 0.6 is 0 Å². The fraction of sp³-hybridized carbons (Fsp3) is 0.333. The monoisotopic (exact) mass is 410 g/mol. The molecule has 1 atom stereocenters. The van der Waals surface area contributed by atoms with Gasteiger partial charge in [0.05, 0.1) is 24.1 Å². The molecule has 9 nitrogen and oxygen atoms in total. The summed E-state index contributed by atoms with van der Waals surface area (Å²) in [6.45, 7) is 2.60. The molecule has 0 radical (unpaired) electrons. The number of nitrogens with zero attached hydrogens (tertiary/aromatic N) is 3. The molecule has 3 aromatic heterocycles. The van der Waals surface area contributed by atoms with E-state index in [0.717, 1.165) is 5.69 Å². The van der Waals surface area contributed by atoms with Crippen LogP contribution in [-0.4, -0.2) is 57.5 Å². The van der Waals surface area contributed by atoms with E-state index in [4.69, 9.17) is 14.3 Å². The predicted molar refractivity (Wildman–Crippen MR) is 107 cm³/mol. The maximum Gasteiger partial charge on any atom is 0.256 e. The van der Waals surface area contributed by atoms with Crippen LogP contribution in [0.3, 0.4) is 0 Å². The van der Waals surface area contributed by atoms with E-state index in [-0.39, 0.29) is 25.7 Å². The first kappa shape index (κ1) is 19.8. The molecule has 1 unspecified atom stereocenters. The fourth-order valence-electron chi connectivity index (χ4n) is 3.54. The van der Waals surface area contributed by atoms with E-state index in [1.165, 1.54) is 6.20 Å². The third-order valence-electron chi connectivity index (χ3n) is 5.02. The number of nitrogens with one attached hydrogen (secondary N) is 1. The van der Waals surface area contributed by atoms with Crippen molar-refractivity contribution in [1.29, 1.82) is 0 Å². The molecule has 156 valence electrons. The van der Waals surface area contributed by atoms with Crippen molar-refractivity contribution in [2.45, 2.75) is 26.0 Å². The highest BCUT2D eigenvalue weighted by molar-refractivity contribution is 6.08. The molecule has 3 aromatic rings. The highest BCUT2D eigenvalue weighted by Gasteiger charge is 2.33. The maximum atomic E-state index is 12.9. The van der Waals surface area contributed by atoms with Gasteiger partial charge < -0.3 is 24.5 Å². The van der Waals surface area contributed by atoms with Crippen molar-refractivity contribution in [3.63, 3.8) is 0 Å². The van der Waals surface area contributed by atoms with Gasteiger partial charge in [-0.05, 0) is 25.5 Å². The van der Waals surface area contributed by atoms with Crippen LogP contribution in [-0.2, 0) is 11.4 Å². The van der Waals surface area contributed by atoms with Crippen molar-refractivity contribution < 1.29 is 23.8 Å². The summed E-state index contributed by atoms with van der Waals surface area (Å²) in [6.07, 6.45) is 3.69. The van der Waals surface area contributed by atoms with Crippen LogP contribution in [0.15, 0.2) is 41.1 Å². The van der Waals surface area contributed by atoms with Gasteiger partial charge in [0.15, 0.2) is 5.58 Å². The zero-order valence-corrected chi connectivity index (χ0v) is 16.5. The van der Waals surface area contributed by atoms with E-state index < -0.39 is 11.9 Å². The molecule has 2 amide bonds.